The summed E-state index contributed by atoms with van der Waals surface area (Å²) in [6.45, 7) is 16.8. The molecule has 0 spiro atoms. The van der Waals surface area contributed by atoms with E-state index in [9.17, 15) is 5.11 Å². The van der Waals surface area contributed by atoms with Gasteiger partial charge in [-0.3, -0.25) is 0 Å². The molecule has 114 valence electrons. The minimum absolute atomic E-state index is 0.702. The average Bonchev–Trinajstić information content (AvgIpc) is 2.47. The maximum Gasteiger partial charge on any atom is 0.0800 e. The van der Waals surface area contributed by atoms with Crippen LogP contribution in [0, 0.1) is 0 Å². The van der Waals surface area contributed by atoms with E-state index in [1.54, 1.807) is 13.0 Å². The first-order valence-electron chi connectivity index (χ1n) is 7.19. The van der Waals surface area contributed by atoms with Crippen molar-refractivity contribution in [3.63, 3.8) is 0 Å². The molecule has 21 heavy (non-hydrogen) atoms. The van der Waals surface area contributed by atoms with Gasteiger partial charge in [0.1, 0.15) is 0 Å². The fraction of sp³-hybridized carbons (Fsp3) is 0.300. The highest BCUT2D eigenvalue weighted by Gasteiger charge is 2.12. The van der Waals surface area contributed by atoms with Crippen LogP contribution < -0.4 is 0 Å². The largest absolute Gasteiger partial charge is 0.386 e. The Labute approximate surface area is 130 Å². The van der Waals surface area contributed by atoms with Crippen LogP contribution in [-0.4, -0.2) is 10.7 Å². The first-order chi connectivity index (χ1) is 9.86. The van der Waals surface area contributed by atoms with Gasteiger partial charge in [0.15, 0.2) is 0 Å². The summed E-state index contributed by atoms with van der Waals surface area (Å²) in [4.78, 5) is 0. The Morgan fingerprint density at radius 2 is 1.57 bits per heavy atom. The number of benzene rings is 1. The minimum atomic E-state index is -0.702. The van der Waals surface area contributed by atoms with Gasteiger partial charge in [-0.25, -0.2) is 0 Å². The second kappa shape index (κ2) is 9.95. The molecule has 0 heterocycles. The van der Waals surface area contributed by atoms with Crippen molar-refractivity contribution in [2.75, 3.05) is 0 Å². The molecule has 0 saturated heterocycles. The molecule has 0 aliphatic carbocycles. The lowest BCUT2D eigenvalue weighted by Gasteiger charge is -2.16. The molecule has 0 amide bonds. The van der Waals surface area contributed by atoms with Crippen molar-refractivity contribution in [3.05, 3.63) is 72.9 Å². The van der Waals surface area contributed by atoms with Gasteiger partial charge in [-0.2, -0.15) is 0 Å². The van der Waals surface area contributed by atoms with Crippen LogP contribution in [0.1, 0.15) is 44.7 Å². The van der Waals surface area contributed by atoms with Crippen LogP contribution in [0.15, 0.2) is 61.7 Å². The molecular weight excluding hydrogens is 256 g/mol. The van der Waals surface area contributed by atoms with E-state index in [1.807, 2.05) is 36.4 Å². The SMILES string of the molecule is C=CC(C)(O)CCC=C(C)C.C=Cc1ccccc1C=C. The quantitative estimate of drug-likeness (QED) is 0.670. The van der Waals surface area contributed by atoms with E-state index in [-0.39, 0.29) is 0 Å². The molecule has 0 aliphatic rings. The summed E-state index contributed by atoms with van der Waals surface area (Å²) in [7, 11) is 0. The molecule has 0 aromatic heterocycles. The van der Waals surface area contributed by atoms with E-state index >= 15 is 0 Å². The topological polar surface area (TPSA) is 20.2 Å². The second-order valence-corrected chi connectivity index (χ2v) is 5.42. The number of aliphatic hydroxyl groups is 1. The van der Waals surface area contributed by atoms with Gasteiger partial charge >= 0.3 is 0 Å². The van der Waals surface area contributed by atoms with Gasteiger partial charge in [-0.1, -0.05) is 67.3 Å². The molecule has 1 atom stereocenters. The summed E-state index contributed by atoms with van der Waals surface area (Å²) in [5.41, 5.74) is 2.87. The zero-order chi connectivity index (χ0) is 16.3. The fourth-order valence-corrected chi connectivity index (χ4v) is 1.64. The van der Waals surface area contributed by atoms with Crippen LogP contribution in [0.2, 0.25) is 0 Å². The smallest absolute Gasteiger partial charge is 0.0800 e. The fourth-order valence-electron chi connectivity index (χ4n) is 1.64. The number of hydrogen-bond acceptors (Lipinski definition) is 1. The predicted molar refractivity (Wildman–Crippen MR) is 96.1 cm³/mol. The standard InChI is InChI=1S/C10H18O.C10H10/c1-5-10(4,11)8-6-7-9(2)3;1-3-9-7-5-6-8-10(9)4-2/h5,7,11H,1,6,8H2,2-4H3;3-8H,1-2H2. The molecule has 1 aromatic carbocycles. The molecule has 0 radical (unpaired) electrons. The van der Waals surface area contributed by atoms with Crippen molar-refractivity contribution >= 4 is 12.2 Å². The summed E-state index contributed by atoms with van der Waals surface area (Å²) in [5.74, 6) is 0. The van der Waals surface area contributed by atoms with Gasteiger partial charge in [-0.05, 0) is 44.7 Å². The predicted octanol–water partition coefficient (Wildman–Crippen LogP) is 5.64. The minimum Gasteiger partial charge on any atom is -0.386 e. The van der Waals surface area contributed by atoms with Crippen LogP contribution in [-0.2, 0) is 0 Å². The zero-order valence-corrected chi connectivity index (χ0v) is 13.6. The summed E-state index contributed by atoms with van der Waals surface area (Å²) in [6, 6.07) is 8.02. The monoisotopic (exact) mass is 284 g/mol. The summed E-state index contributed by atoms with van der Waals surface area (Å²) < 4.78 is 0. The third-order valence-electron chi connectivity index (χ3n) is 3.08. The summed E-state index contributed by atoms with van der Waals surface area (Å²) in [5, 5.41) is 9.49. The maximum atomic E-state index is 9.49. The third-order valence-corrected chi connectivity index (χ3v) is 3.08. The zero-order valence-electron chi connectivity index (χ0n) is 13.6. The Morgan fingerprint density at radius 1 is 1.10 bits per heavy atom. The van der Waals surface area contributed by atoms with Gasteiger partial charge < -0.3 is 5.11 Å². The Morgan fingerprint density at radius 3 is 1.90 bits per heavy atom. The number of hydrogen-bond donors (Lipinski definition) is 1. The van der Waals surface area contributed by atoms with Crippen LogP contribution in [0.4, 0.5) is 0 Å². The van der Waals surface area contributed by atoms with Gasteiger partial charge in [0.2, 0.25) is 0 Å². The molecular formula is C20H28O. The lowest BCUT2D eigenvalue weighted by Crippen LogP contribution is -2.19. The van der Waals surface area contributed by atoms with Crippen molar-refractivity contribution in [1.29, 1.82) is 0 Å². The first kappa shape index (κ1) is 19.1. The van der Waals surface area contributed by atoms with Crippen LogP contribution >= 0.6 is 0 Å². The normalized spacial score (nSPS) is 12.2. The average molecular weight is 284 g/mol. The van der Waals surface area contributed by atoms with Gasteiger partial charge in [-0.15, -0.1) is 6.58 Å². The molecule has 0 bridgehead atoms. The highest BCUT2D eigenvalue weighted by atomic mass is 16.3. The molecule has 1 unspecified atom stereocenters. The Kier molecular flexibility index (Phi) is 9.07. The lowest BCUT2D eigenvalue weighted by molar-refractivity contribution is 0.103. The molecule has 0 fully saturated rings. The van der Waals surface area contributed by atoms with Gasteiger partial charge in [0.25, 0.3) is 0 Å². The van der Waals surface area contributed by atoms with E-state index in [0.717, 1.165) is 24.0 Å². The van der Waals surface area contributed by atoms with E-state index < -0.39 is 5.60 Å². The van der Waals surface area contributed by atoms with Crippen molar-refractivity contribution in [2.45, 2.75) is 39.2 Å². The first-order valence-corrected chi connectivity index (χ1v) is 7.19. The van der Waals surface area contributed by atoms with E-state index in [1.165, 1.54) is 5.57 Å². The van der Waals surface area contributed by atoms with Crippen LogP contribution in [0.25, 0.3) is 12.2 Å². The molecule has 0 aliphatic heterocycles. The van der Waals surface area contributed by atoms with Crippen molar-refractivity contribution < 1.29 is 5.11 Å². The molecule has 1 rings (SSSR count). The van der Waals surface area contributed by atoms with Crippen molar-refractivity contribution in [2.24, 2.45) is 0 Å². The molecule has 1 heteroatoms. The molecule has 0 saturated carbocycles. The third kappa shape index (κ3) is 8.83. The van der Waals surface area contributed by atoms with E-state index in [2.05, 4.69) is 39.7 Å². The van der Waals surface area contributed by atoms with Gasteiger partial charge in [0.05, 0.1) is 5.60 Å². The van der Waals surface area contributed by atoms with Crippen molar-refractivity contribution in [1.82, 2.24) is 0 Å². The van der Waals surface area contributed by atoms with Crippen LogP contribution in [0.5, 0.6) is 0 Å². The summed E-state index contributed by atoms with van der Waals surface area (Å²) >= 11 is 0. The number of allylic oxidation sites excluding steroid dienone is 2. The number of rotatable bonds is 6. The molecule has 1 nitrogen and oxygen atoms in total. The lowest BCUT2D eigenvalue weighted by atomic mass is 10.00. The maximum absolute atomic E-state index is 9.49. The molecule has 1 aromatic rings. The van der Waals surface area contributed by atoms with Crippen LogP contribution in [0.3, 0.4) is 0 Å². The summed E-state index contributed by atoms with van der Waals surface area (Å²) in [6.07, 6.45) is 9.04. The highest BCUT2D eigenvalue weighted by Crippen LogP contribution is 2.13. The Bertz CT molecular complexity index is 461. The van der Waals surface area contributed by atoms with Gasteiger partial charge in [0, 0.05) is 0 Å². The Hall–Kier alpha value is -1.86. The highest BCUT2D eigenvalue weighted by molar-refractivity contribution is 5.63. The van der Waals surface area contributed by atoms with E-state index in [4.69, 9.17) is 0 Å². The second-order valence-electron chi connectivity index (χ2n) is 5.42. The Balaban J connectivity index is 0.000000382. The van der Waals surface area contributed by atoms with E-state index in [0.29, 0.717) is 0 Å². The van der Waals surface area contributed by atoms with Crippen molar-refractivity contribution in [3.8, 4) is 0 Å². The molecule has 1 N–H and O–H groups in total.